The standard InChI is InChI=1S/C45H54N8O6/c1-27(2)23-34(50-43(56)58-5)41(54)52-21-7-9-37(52)39-46-25-35(48-39)31-17-13-29(14-18-31)11-12-30-15-19-32(20-16-30)36-26-47-40(49-36)38-10-8-22-53(38)42(55)45(51-44(57)59-6)24-33(45)28(3)4/h13-20,25-28,33-34,37-38H,7-10,21-24H2,1-6H3,(H,46,48)(H,47,49)(H,50,56)(H,51,57)/t33?,34-,37-,38-,45?/m0/s1. The van der Waals surface area contributed by atoms with Crippen LogP contribution in [0.2, 0.25) is 0 Å². The third-order valence-electron chi connectivity index (χ3n) is 11.8. The first-order chi connectivity index (χ1) is 28.4. The Balaban J connectivity index is 0.973. The number of aromatic nitrogens is 4. The molecule has 4 aromatic rings. The average Bonchev–Trinajstić information content (AvgIpc) is 3.87. The molecule has 2 aromatic carbocycles. The molecule has 0 spiro atoms. The number of aromatic amines is 2. The van der Waals surface area contributed by atoms with Crippen molar-refractivity contribution in [2.45, 2.75) is 89.9 Å². The van der Waals surface area contributed by atoms with Gasteiger partial charge in [-0.15, -0.1) is 0 Å². The first-order valence-electron chi connectivity index (χ1n) is 20.6. The van der Waals surface area contributed by atoms with E-state index >= 15 is 0 Å². The van der Waals surface area contributed by atoms with Gasteiger partial charge in [0.1, 0.15) is 23.2 Å². The van der Waals surface area contributed by atoms with Gasteiger partial charge in [0.15, 0.2) is 0 Å². The fourth-order valence-electron chi connectivity index (χ4n) is 8.64. The van der Waals surface area contributed by atoms with Crippen molar-refractivity contribution in [1.29, 1.82) is 0 Å². The zero-order chi connectivity index (χ0) is 41.8. The normalized spacial score (nSPS) is 21.5. The van der Waals surface area contributed by atoms with Crippen LogP contribution in [0.4, 0.5) is 9.59 Å². The molecule has 14 heteroatoms. The van der Waals surface area contributed by atoms with Gasteiger partial charge in [-0.1, -0.05) is 63.8 Å². The number of alkyl carbamates (subject to hydrolysis) is 2. The SMILES string of the molecule is COC(=O)N[C@@H](CC(C)C)C(=O)N1CCC[C@H]1c1ncc(-c2ccc(C#Cc3ccc(-c4cnc([C@@H]5CCCN5C(=O)C5(NC(=O)OC)CC5C(C)C)[nH]4)cc3)cc2)[nH]1. The largest absolute Gasteiger partial charge is 0.453 e. The van der Waals surface area contributed by atoms with E-state index < -0.39 is 23.8 Å². The number of rotatable bonds is 11. The van der Waals surface area contributed by atoms with Crippen LogP contribution in [0, 0.1) is 29.6 Å². The molecule has 4 heterocycles. The maximum Gasteiger partial charge on any atom is 0.407 e. The summed E-state index contributed by atoms with van der Waals surface area (Å²) in [5.74, 6) is 8.28. The molecule has 4 amide bonds. The smallest absolute Gasteiger partial charge is 0.407 e. The lowest BCUT2D eigenvalue weighted by atomic mass is 10.0. The van der Waals surface area contributed by atoms with E-state index in [9.17, 15) is 19.2 Å². The molecule has 2 saturated heterocycles. The van der Waals surface area contributed by atoms with Gasteiger partial charge in [0.05, 0.1) is 50.1 Å². The maximum atomic E-state index is 14.0. The molecule has 59 heavy (non-hydrogen) atoms. The Morgan fingerprint density at radius 1 is 0.780 bits per heavy atom. The molecule has 3 aliphatic rings. The van der Waals surface area contributed by atoms with Crippen molar-refractivity contribution in [2.24, 2.45) is 17.8 Å². The summed E-state index contributed by atoms with van der Waals surface area (Å²) in [5.41, 5.74) is 4.40. The second-order valence-corrected chi connectivity index (χ2v) is 16.6. The van der Waals surface area contributed by atoms with Gasteiger partial charge in [0.25, 0.3) is 0 Å². The van der Waals surface area contributed by atoms with Crippen LogP contribution in [-0.4, -0.2) is 92.6 Å². The number of ether oxygens (including phenoxy) is 2. The third-order valence-corrected chi connectivity index (χ3v) is 11.8. The van der Waals surface area contributed by atoms with Crippen molar-refractivity contribution in [3.8, 4) is 34.4 Å². The first-order valence-corrected chi connectivity index (χ1v) is 20.6. The summed E-state index contributed by atoms with van der Waals surface area (Å²) in [4.78, 5) is 71.7. The number of nitrogens with one attached hydrogen (secondary N) is 4. The van der Waals surface area contributed by atoms with E-state index in [-0.39, 0.29) is 41.7 Å². The van der Waals surface area contributed by atoms with Crippen LogP contribution in [0.15, 0.2) is 60.9 Å². The predicted molar refractivity (Wildman–Crippen MR) is 221 cm³/mol. The van der Waals surface area contributed by atoms with Gasteiger partial charge in [-0.25, -0.2) is 19.6 Å². The number of likely N-dealkylation sites (tertiary alicyclic amines) is 2. The minimum atomic E-state index is -0.935. The van der Waals surface area contributed by atoms with Crippen LogP contribution in [-0.2, 0) is 19.1 Å². The maximum absolute atomic E-state index is 14.0. The highest BCUT2D eigenvalue weighted by molar-refractivity contribution is 5.94. The van der Waals surface area contributed by atoms with Crippen molar-refractivity contribution in [2.75, 3.05) is 27.3 Å². The van der Waals surface area contributed by atoms with Crippen LogP contribution in [0.25, 0.3) is 22.5 Å². The number of benzene rings is 2. The van der Waals surface area contributed by atoms with Gasteiger partial charge >= 0.3 is 12.2 Å². The van der Waals surface area contributed by atoms with E-state index in [1.807, 2.05) is 72.2 Å². The second-order valence-electron chi connectivity index (χ2n) is 16.6. The molecule has 0 bridgehead atoms. The highest BCUT2D eigenvalue weighted by Gasteiger charge is 2.64. The monoisotopic (exact) mass is 802 g/mol. The topological polar surface area (TPSA) is 175 Å². The molecule has 2 unspecified atom stereocenters. The lowest BCUT2D eigenvalue weighted by molar-refractivity contribution is -0.136. The Kier molecular flexibility index (Phi) is 12.1. The molecule has 0 radical (unpaired) electrons. The summed E-state index contributed by atoms with van der Waals surface area (Å²) in [7, 11) is 2.61. The van der Waals surface area contributed by atoms with E-state index in [0.29, 0.717) is 25.9 Å². The number of nitrogens with zero attached hydrogens (tertiary/aromatic N) is 4. The molecular formula is C45H54N8O6. The van der Waals surface area contributed by atoms with E-state index in [1.54, 1.807) is 12.4 Å². The Labute approximate surface area is 345 Å². The Hall–Kier alpha value is -6.10. The van der Waals surface area contributed by atoms with Gasteiger partial charge in [-0.05, 0) is 91.7 Å². The van der Waals surface area contributed by atoms with Crippen molar-refractivity contribution < 1.29 is 28.7 Å². The Morgan fingerprint density at radius 2 is 1.29 bits per heavy atom. The number of methoxy groups -OCH3 is 2. The molecule has 5 atom stereocenters. The zero-order valence-corrected chi connectivity index (χ0v) is 34.6. The third kappa shape index (κ3) is 8.84. The Morgan fingerprint density at radius 3 is 1.76 bits per heavy atom. The number of carbonyl (C=O) groups excluding carboxylic acids is 4. The number of carbonyl (C=O) groups is 4. The number of H-pyrrole nitrogens is 2. The quantitative estimate of drug-likeness (QED) is 0.121. The minimum absolute atomic E-state index is 0.0578. The summed E-state index contributed by atoms with van der Waals surface area (Å²) >= 11 is 0. The molecule has 7 rings (SSSR count). The van der Waals surface area contributed by atoms with Gasteiger partial charge in [0, 0.05) is 24.2 Å². The van der Waals surface area contributed by atoms with Crippen LogP contribution < -0.4 is 10.6 Å². The molecule has 2 aliphatic heterocycles. The van der Waals surface area contributed by atoms with E-state index in [1.165, 1.54) is 14.2 Å². The van der Waals surface area contributed by atoms with Gasteiger partial charge < -0.3 is 39.9 Å². The second kappa shape index (κ2) is 17.4. The van der Waals surface area contributed by atoms with Gasteiger partial charge in [0.2, 0.25) is 11.8 Å². The number of imidazole rings is 2. The lowest BCUT2D eigenvalue weighted by Crippen LogP contribution is -2.52. The highest BCUT2D eigenvalue weighted by atomic mass is 16.5. The van der Waals surface area contributed by atoms with Crippen LogP contribution >= 0.6 is 0 Å². The average molecular weight is 803 g/mol. The predicted octanol–water partition coefficient (Wildman–Crippen LogP) is 6.74. The van der Waals surface area contributed by atoms with Crippen molar-refractivity contribution in [3.05, 3.63) is 83.7 Å². The van der Waals surface area contributed by atoms with E-state index in [2.05, 4.69) is 51.3 Å². The van der Waals surface area contributed by atoms with Gasteiger partial charge in [-0.2, -0.15) is 0 Å². The van der Waals surface area contributed by atoms with Crippen LogP contribution in [0.1, 0.15) is 101 Å². The molecule has 4 N–H and O–H groups in total. The zero-order valence-electron chi connectivity index (χ0n) is 34.6. The fourth-order valence-corrected chi connectivity index (χ4v) is 8.64. The van der Waals surface area contributed by atoms with Crippen LogP contribution in [0.3, 0.4) is 0 Å². The van der Waals surface area contributed by atoms with Gasteiger partial charge in [-0.3, -0.25) is 9.59 Å². The summed E-state index contributed by atoms with van der Waals surface area (Å²) in [6.07, 6.45) is 6.78. The lowest BCUT2D eigenvalue weighted by Gasteiger charge is -2.29. The van der Waals surface area contributed by atoms with E-state index in [0.717, 1.165) is 71.0 Å². The van der Waals surface area contributed by atoms with Crippen molar-refractivity contribution in [1.82, 2.24) is 40.4 Å². The molecule has 1 aliphatic carbocycles. The molecule has 3 fully saturated rings. The van der Waals surface area contributed by atoms with E-state index in [4.69, 9.17) is 14.5 Å². The van der Waals surface area contributed by atoms with Crippen molar-refractivity contribution >= 4 is 24.0 Å². The number of hydrogen-bond donors (Lipinski definition) is 4. The highest BCUT2D eigenvalue weighted by Crippen LogP contribution is 2.51. The molecule has 1 saturated carbocycles. The summed E-state index contributed by atoms with van der Waals surface area (Å²) in [5, 5.41) is 5.59. The summed E-state index contributed by atoms with van der Waals surface area (Å²) < 4.78 is 9.65. The first kappa shape index (κ1) is 41.1. The Bertz CT molecular complexity index is 2220. The summed E-state index contributed by atoms with van der Waals surface area (Å²) in [6, 6.07) is 14.8. The fraction of sp³-hybridized carbons (Fsp3) is 0.467. The molecule has 310 valence electrons. The molecule has 2 aromatic heterocycles. The molecule has 14 nitrogen and oxygen atoms in total. The summed E-state index contributed by atoms with van der Waals surface area (Å²) in [6.45, 7) is 9.38. The molecular weight excluding hydrogens is 749 g/mol. The van der Waals surface area contributed by atoms with Crippen molar-refractivity contribution in [3.63, 3.8) is 0 Å². The number of amides is 4. The van der Waals surface area contributed by atoms with Crippen LogP contribution in [0.5, 0.6) is 0 Å². The number of hydrogen-bond acceptors (Lipinski definition) is 8. The minimum Gasteiger partial charge on any atom is -0.453 e.